The van der Waals surface area contributed by atoms with Gasteiger partial charge in [-0.1, -0.05) is 56.5 Å². The molecule has 0 fully saturated rings. The molecule has 92 valence electrons. The Balaban J connectivity index is 2.74. The molecule has 0 atom stereocenters. The van der Waals surface area contributed by atoms with E-state index in [9.17, 15) is 0 Å². The Morgan fingerprint density at radius 2 is 1.94 bits per heavy atom. The van der Waals surface area contributed by atoms with Crippen LogP contribution in [0.4, 0.5) is 0 Å². The fraction of sp³-hybridized carbons (Fsp3) is 0.429. The van der Waals surface area contributed by atoms with Gasteiger partial charge in [-0.2, -0.15) is 0 Å². The van der Waals surface area contributed by atoms with Crippen LogP contribution in [0.25, 0.3) is 10.9 Å². The van der Waals surface area contributed by atoms with Crippen LogP contribution in [0.1, 0.15) is 44.4 Å². The highest BCUT2D eigenvalue weighted by Crippen LogP contribution is 2.36. The number of fused-ring (bicyclic) bond motifs is 1. The van der Waals surface area contributed by atoms with E-state index in [0.717, 1.165) is 18.4 Å². The smallest absolute Gasteiger partial charge is 0.0833 e. The number of halogens is 2. The van der Waals surface area contributed by atoms with Crippen molar-refractivity contribution in [2.24, 2.45) is 0 Å². The molecule has 0 saturated carbocycles. The first-order chi connectivity index (χ1) is 8.06. The highest BCUT2D eigenvalue weighted by atomic mass is 35.5. The molecule has 0 aliphatic heterocycles. The van der Waals surface area contributed by atoms with Gasteiger partial charge in [0.1, 0.15) is 0 Å². The Morgan fingerprint density at radius 3 is 2.53 bits per heavy atom. The Morgan fingerprint density at radius 1 is 1.24 bits per heavy atom. The molecule has 3 heteroatoms. The zero-order chi connectivity index (χ0) is 12.6. The largest absolute Gasteiger partial charge is 0.357 e. The van der Waals surface area contributed by atoms with E-state index in [-0.39, 0.29) is 0 Å². The molecule has 0 bridgehead atoms. The molecule has 0 amide bonds. The molecular weight excluding hydrogens is 253 g/mol. The van der Waals surface area contributed by atoms with Gasteiger partial charge >= 0.3 is 0 Å². The lowest BCUT2D eigenvalue weighted by Crippen LogP contribution is -1.93. The lowest BCUT2D eigenvalue weighted by molar-refractivity contribution is 0.817. The number of aryl methyl sites for hydroxylation is 1. The van der Waals surface area contributed by atoms with E-state index in [4.69, 9.17) is 23.2 Å². The van der Waals surface area contributed by atoms with Crippen molar-refractivity contribution in [2.45, 2.75) is 39.5 Å². The van der Waals surface area contributed by atoms with Crippen LogP contribution in [0.15, 0.2) is 12.1 Å². The SMILES string of the molecule is CCCc1[nH]c2c(Cl)c(Cl)ccc2c1C(C)C. The lowest BCUT2D eigenvalue weighted by atomic mass is 9.98. The first-order valence-electron chi connectivity index (χ1n) is 6.04. The molecule has 17 heavy (non-hydrogen) atoms. The van der Waals surface area contributed by atoms with Crippen LogP contribution >= 0.6 is 23.2 Å². The van der Waals surface area contributed by atoms with Crippen molar-refractivity contribution < 1.29 is 0 Å². The third-order valence-electron chi connectivity index (χ3n) is 3.06. The molecule has 0 aliphatic carbocycles. The third-order valence-corrected chi connectivity index (χ3v) is 3.87. The number of benzene rings is 1. The number of rotatable bonds is 3. The number of H-pyrrole nitrogens is 1. The second kappa shape index (κ2) is 4.91. The molecule has 0 saturated heterocycles. The number of aromatic nitrogens is 1. The predicted molar refractivity (Wildman–Crippen MR) is 76.4 cm³/mol. The minimum Gasteiger partial charge on any atom is -0.357 e. The molecule has 2 aromatic rings. The minimum atomic E-state index is 0.488. The molecule has 1 N–H and O–H groups in total. The van der Waals surface area contributed by atoms with Gasteiger partial charge in [0, 0.05) is 11.1 Å². The maximum Gasteiger partial charge on any atom is 0.0833 e. The summed E-state index contributed by atoms with van der Waals surface area (Å²) in [5.74, 6) is 0.488. The zero-order valence-electron chi connectivity index (χ0n) is 10.4. The van der Waals surface area contributed by atoms with Crippen LogP contribution in [-0.4, -0.2) is 4.98 Å². The lowest BCUT2D eigenvalue weighted by Gasteiger charge is -2.07. The second-order valence-corrected chi connectivity index (χ2v) is 5.49. The van der Waals surface area contributed by atoms with Crippen molar-refractivity contribution in [3.05, 3.63) is 33.4 Å². The monoisotopic (exact) mass is 269 g/mol. The summed E-state index contributed by atoms with van der Waals surface area (Å²) in [6, 6.07) is 3.94. The Hall–Kier alpha value is -0.660. The summed E-state index contributed by atoms with van der Waals surface area (Å²) in [7, 11) is 0. The Kier molecular flexibility index (Phi) is 3.70. The average molecular weight is 270 g/mol. The molecule has 1 aromatic heterocycles. The maximum absolute atomic E-state index is 6.25. The van der Waals surface area contributed by atoms with E-state index in [1.807, 2.05) is 6.07 Å². The summed E-state index contributed by atoms with van der Waals surface area (Å²) >= 11 is 12.3. The third kappa shape index (κ3) is 2.19. The van der Waals surface area contributed by atoms with Crippen molar-refractivity contribution in [3.63, 3.8) is 0 Å². The number of nitrogens with one attached hydrogen (secondary N) is 1. The van der Waals surface area contributed by atoms with Gasteiger partial charge in [-0.05, 0) is 24.0 Å². The van der Waals surface area contributed by atoms with Crippen LogP contribution in [0.5, 0.6) is 0 Å². The topological polar surface area (TPSA) is 15.8 Å². The highest BCUT2D eigenvalue weighted by molar-refractivity contribution is 6.45. The van der Waals surface area contributed by atoms with E-state index in [1.54, 1.807) is 0 Å². The van der Waals surface area contributed by atoms with Gasteiger partial charge in [0.05, 0.1) is 15.6 Å². The van der Waals surface area contributed by atoms with Crippen molar-refractivity contribution >= 4 is 34.1 Å². The molecule has 0 spiro atoms. The molecule has 0 aliphatic rings. The quantitative estimate of drug-likeness (QED) is 0.752. The van der Waals surface area contributed by atoms with Gasteiger partial charge in [0.15, 0.2) is 0 Å². The van der Waals surface area contributed by atoms with Crippen LogP contribution < -0.4 is 0 Å². The fourth-order valence-electron chi connectivity index (χ4n) is 2.38. The van der Waals surface area contributed by atoms with Gasteiger partial charge in [-0.25, -0.2) is 0 Å². The Bertz CT molecular complexity index is 541. The summed E-state index contributed by atoms with van der Waals surface area (Å²) in [6.45, 7) is 6.61. The standard InChI is InChI=1S/C14H17Cl2N/c1-4-5-11-12(8(2)3)9-6-7-10(15)13(16)14(9)17-11/h6-8,17H,4-5H2,1-3H3. The van der Waals surface area contributed by atoms with Crippen molar-refractivity contribution in [3.8, 4) is 0 Å². The molecule has 1 nitrogen and oxygen atoms in total. The molecule has 0 unspecified atom stereocenters. The van der Waals surface area contributed by atoms with Gasteiger partial charge in [-0.15, -0.1) is 0 Å². The summed E-state index contributed by atoms with van der Waals surface area (Å²) in [5, 5.41) is 2.45. The fourth-order valence-corrected chi connectivity index (χ4v) is 2.75. The van der Waals surface area contributed by atoms with Crippen molar-refractivity contribution in [1.29, 1.82) is 0 Å². The van der Waals surface area contributed by atoms with E-state index in [2.05, 4.69) is 31.8 Å². The normalized spacial score (nSPS) is 11.6. The first-order valence-corrected chi connectivity index (χ1v) is 6.80. The van der Waals surface area contributed by atoms with Crippen LogP contribution in [0.3, 0.4) is 0 Å². The molecule has 0 radical (unpaired) electrons. The van der Waals surface area contributed by atoms with E-state index in [0.29, 0.717) is 16.0 Å². The molecule has 1 aromatic carbocycles. The van der Waals surface area contributed by atoms with Gasteiger partial charge in [-0.3, -0.25) is 0 Å². The van der Waals surface area contributed by atoms with Crippen LogP contribution in [0, 0.1) is 0 Å². The summed E-state index contributed by atoms with van der Waals surface area (Å²) in [6.07, 6.45) is 2.17. The second-order valence-electron chi connectivity index (χ2n) is 4.71. The number of aromatic amines is 1. The first kappa shape index (κ1) is 12.8. The van der Waals surface area contributed by atoms with Gasteiger partial charge in [0.2, 0.25) is 0 Å². The van der Waals surface area contributed by atoms with E-state index in [1.165, 1.54) is 16.6 Å². The summed E-state index contributed by atoms with van der Waals surface area (Å²) < 4.78 is 0. The molecule has 2 rings (SSSR count). The van der Waals surface area contributed by atoms with Crippen LogP contribution in [0.2, 0.25) is 10.0 Å². The number of hydrogen-bond acceptors (Lipinski definition) is 0. The maximum atomic E-state index is 6.25. The van der Waals surface area contributed by atoms with Crippen molar-refractivity contribution in [2.75, 3.05) is 0 Å². The van der Waals surface area contributed by atoms with E-state index < -0.39 is 0 Å². The summed E-state index contributed by atoms with van der Waals surface area (Å²) in [4.78, 5) is 3.44. The van der Waals surface area contributed by atoms with E-state index >= 15 is 0 Å². The Labute approximate surface area is 112 Å². The predicted octanol–water partition coefficient (Wildman–Crippen LogP) is 5.55. The molecule has 1 heterocycles. The minimum absolute atomic E-state index is 0.488. The zero-order valence-corrected chi connectivity index (χ0v) is 11.9. The average Bonchev–Trinajstić information content (AvgIpc) is 2.63. The van der Waals surface area contributed by atoms with Gasteiger partial charge in [0.25, 0.3) is 0 Å². The van der Waals surface area contributed by atoms with Gasteiger partial charge < -0.3 is 4.98 Å². The highest BCUT2D eigenvalue weighted by Gasteiger charge is 2.16. The number of hydrogen-bond donors (Lipinski definition) is 1. The van der Waals surface area contributed by atoms with Crippen molar-refractivity contribution in [1.82, 2.24) is 4.98 Å². The summed E-state index contributed by atoms with van der Waals surface area (Å²) in [5.41, 5.74) is 3.65. The van der Waals surface area contributed by atoms with Crippen LogP contribution in [-0.2, 0) is 6.42 Å². The molecular formula is C14H17Cl2N.